The molecule has 1 N–H and O–H groups in total. The van der Waals surface area contributed by atoms with E-state index in [1.165, 1.54) is 11.3 Å². The van der Waals surface area contributed by atoms with Crippen molar-refractivity contribution in [1.29, 1.82) is 0 Å². The van der Waals surface area contributed by atoms with Crippen LogP contribution in [0.15, 0.2) is 24.3 Å². The molecule has 0 atom stereocenters. The second kappa shape index (κ2) is 4.67. The number of nitrogens with zero attached hydrogens (tertiary/aromatic N) is 1. The Balaban J connectivity index is 2.53. The molecule has 0 bridgehead atoms. The summed E-state index contributed by atoms with van der Waals surface area (Å²) in [6.45, 7) is 3.98. The fourth-order valence-corrected chi connectivity index (χ4v) is 2.56. The molecule has 1 heterocycles. The van der Waals surface area contributed by atoms with Crippen LogP contribution in [0.25, 0.3) is 10.4 Å². The lowest BCUT2D eigenvalue weighted by molar-refractivity contribution is 0.0692. The third kappa shape index (κ3) is 2.36. The molecule has 0 unspecified atom stereocenters. The molecule has 88 valence electrons. The Morgan fingerprint density at radius 2 is 2.00 bits per heavy atom. The van der Waals surface area contributed by atoms with Crippen molar-refractivity contribution in [2.75, 3.05) is 0 Å². The molecule has 1 aromatic carbocycles. The summed E-state index contributed by atoms with van der Waals surface area (Å²) in [4.78, 5) is 16.0. The van der Waals surface area contributed by atoms with E-state index in [0.717, 1.165) is 27.4 Å². The van der Waals surface area contributed by atoms with Crippen LogP contribution in [0.2, 0.25) is 0 Å². The van der Waals surface area contributed by atoms with Gasteiger partial charge in [-0.1, -0.05) is 36.8 Å². The van der Waals surface area contributed by atoms with Crippen LogP contribution in [-0.2, 0) is 6.42 Å². The van der Waals surface area contributed by atoms with Crippen LogP contribution >= 0.6 is 11.3 Å². The van der Waals surface area contributed by atoms with E-state index in [1.807, 2.05) is 38.1 Å². The van der Waals surface area contributed by atoms with Gasteiger partial charge in [0, 0.05) is 0 Å². The van der Waals surface area contributed by atoms with Gasteiger partial charge in [0.05, 0.1) is 9.88 Å². The minimum absolute atomic E-state index is 0.163. The van der Waals surface area contributed by atoms with Gasteiger partial charge in [0.1, 0.15) is 0 Å². The van der Waals surface area contributed by atoms with Crippen molar-refractivity contribution in [2.24, 2.45) is 0 Å². The normalized spacial score (nSPS) is 10.5. The van der Waals surface area contributed by atoms with Crippen molar-refractivity contribution in [2.45, 2.75) is 20.3 Å². The molecule has 0 aliphatic carbocycles. The molecule has 0 saturated heterocycles. The second-order valence-corrected chi connectivity index (χ2v) is 4.89. The first-order chi connectivity index (χ1) is 8.11. The monoisotopic (exact) mass is 247 g/mol. The highest BCUT2D eigenvalue weighted by Crippen LogP contribution is 2.30. The molecule has 0 aliphatic heterocycles. The fraction of sp³-hybridized carbons (Fsp3) is 0.231. The van der Waals surface area contributed by atoms with Crippen molar-refractivity contribution < 1.29 is 9.90 Å². The molecule has 0 amide bonds. The average molecular weight is 247 g/mol. The Labute approximate surface area is 104 Å². The summed E-state index contributed by atoms with van der Waals surface area (Å²) in [6.07, 6.45) is 0.761. The van der Waals surface area contributed by atoms with E-state index < -0.39 is 5.97 Å². The van der Waals surface area contributed by atoms with Gasteiger partial charge in [0.2, 0.25) is 0 Å². The van der Waals surface area contributed by atoms with Gasteiger partial charge in [-0.3, -0.25) is 0 Å². The Bertz CT molecular complexity index is 543. The minimum atomic E-state index is -0.962. The number of benzene rings is 1. The molecule has 2 aromatic rings. The number of carbonyl (C=O) groups is 1. The number of rotatable bonds is 3. The zero-order valence-electron chi connectivity index (χ0n) is 9.73. The van der Waals surface area contributed by atoms with Crippen LogP contribution in [0.5, 0.6) is 0 Å². The zero-order valence-corrected chi connectivity index (χ0v) is 10.5. The van der Waals surface area contributed by atoms with Gasteiger partial charge >= 0.3 is 5.97 Å². The van der Waals surface area contributed by atoms with Gasteiger partial charge in [-0.25, -0.2) is 9.78 Å². The van der Waals surface area contributed by atoms with Gasteiger partial charge in [-0.05, 0) is 18.9 Å². The van der Waals surface area contributed by atoms with E-state index in [4.69, 9.17) is 5.11 Å². The third-order valence-electron chi connectivity index (χ3n) is 2.49. The number of aromatic carboxylic acids is 1. The highest BCUT2D eigenvalue weighted by molar-refractivity contribution is 7.15. The zero-order chi connectivity index (χ0) is 12.4. The smallest absolute Gasteiger partial charge is 0.356 e. The summed E-state index contributed by atoms with van der Waals surface area (Å²) >= 11 is 1.45. The number of carboxylic acids is 1. The molecule has 3 nitrogen and oxygen atoms in total. The minimum Gasteiger partial charge on any atom is -0.476 e. The van der Waals surface area contributed by atoms with Crippen LogP contribution in [0.4, 0.5) is 0 Å². The summed E-state index contributed by atoms with van der Waals surface area (Å²) in [5.74, 6) is -0.962. The molecule has 4 heteroatoms. The molecule has 0 radical (unpaired) electrons. The van der Waals surface area contributed by atoms with Crippen LogP contribution in [0.3, 0.4) is 0 Å². The lowest BCUT2D eigenvalue weighted by Crippen LogP contribution is -1.99. The summed E-state index contributed by atoms with van der Waals surface area (Å²) in [5.41, 5.74) is 2.24. The number of thiazole rings is 1. The predicted octanol–water partition coefficient (Wildman–Crippen LogP) is 3.38. The molecule has 0 saturated carbocycles. The first-order valence-electron chi connectivity index (χ1n) is 5.42. The molecule has 2 rings (SSSR count). The van der Waals surface area contributed by atoms with E-state index in [1.54, 1.807) is 0 Å². The maximum Gasteiger partial charge on any atom is 0.356 e. The number of aromatic nitrogens is 1. The van der Waals surface area contributed by atoms with E-state index in [0.29, 0.717) is 0 Å². The van der Waals surface area contributed by atoms with Gasteiger partial charge < -0.3 is 5.11 Å². The van der Waals surface area contributed by atoms with Gasteiger partial charge in [-0.15, -0.1) is 11.3 Å². The van der Waals surface area contributed by atoms with Gasteiger partial charge in [-0.2, -0.15) is 0 Å². The SMILES string of the molecule is CCc1nc(C(=O)O)c(-c2ccc(C)cc2)s1. The standard InChI is InChI=1S/C13H13NO2S/c1-3-10-14-11(13(15)16)12(17-10)9-6-4-8(2)5-7-9/h4-7H,3H2,1-2H3,(H,15,16). The van der Waals surface area contributed by atoms with Crippen molar-refractivity contribution in [1.82, 2.24) is 4.98 Å². The summed E-state index contributed by atoms with van der Waals surface area (Å²) in [5, 5.41) is 9.99. The summed E-state index contributed by atoms with van der Waals surface area (Å²) in [6, 6.07) is 7.84. The average Bonchev–Trinajstić information content (AvgIpc) is 2.74. The lowest BCUT2D eigenvalue weighted by Gasteiger charge is -1.99. The maximum atomic E-state index is 11.1. The van der Waals surface area contributed by atoms with Crippen molar-refractivity contribution in [3.63, 3.8) is 0 Å². The van der Waals surface area contributed by atoms with Gasteiger partial charge in [0.25, 0.3) is 0 Å². The van der Waals surface area contributed by atoms with E-state index in [-0.39, 0.29) is 5.69 Å². The van der Waals surface area contributed by atoms with E-state index >= 15 is 0 Å². The molecular formula is C13H13NO2S. The molecule has 1 aromatic heterocycles. The van der Waals surface area contributed by atoms with Crippen LogP contribution in [0, 0.1) is 6.92 Å². The first-order valence-corrected chi connectivity index (χ1v) is 6.23. The Morgan fingerprint density at radius 3 is 2.53 bits per heavy atom. The van der Waals surface area contributed by atoms with Crippen LogP contribution < -0.4 is 0 Å². The van der Waals surface area contributed by atoms with E-state index in [9.17, 15) is 4.79 Å². The lowest BCUT2D eigenvalue weighted by atomic mass is 10.1. The second-order valence-electron chi connectivity index (χ2n) is 3.81. The van der Waals surface area contributed by atoms with Crippen molar-refractivity contribution in [3.8, 4) is 10.4 Å². The molecular weight excluding hydrogens is 234 g/mol. The summed E-state index contributed by atoms with van der Waals surface area (Å²) < 4.78 is 0. The number of carboxylic acid groups (broad SMARTS) is 1. The first kappa shape index (κ1) is 11.8. The van der Waals surface area contributed by atoms with Crippen LogP contribution in [-0.4, -0.2) is 16.1 Å². The molecule has 0 fully saturated rings. The fourth-order valence-electron chi connectivity index (χ4n) is 1.56. The molecule has 0 aliphatic rings. The number of hydrogen-bond donors (Lipinski definition) is 1. The quantitative estimate of drug-likeness (QED) is 0.904. The van der Waals surface area contributed by atoms with Crippen LogP contribution in [0.1, 0.15) is 28.0 Å². The topological polar surface area (TPSA) is 50.2 Å². The van der Waals surface area contributed by atoms with Crippen molar-refractivity contribution in [3.05, 3.63) is 40.5 Å². The number of aryl methyl sites for hydroxylation is 2. The van der Waals surface area contributed by atoms with E-state index in [2.05, 4.69) is 4.98 Å². The largest absolute Gasteiger partial charge is 0.476 e. The Hall–Kier alpha value is -1.68. The highest BCUT2D eigenvalue weighted by Gasteiger charge is 2.17. The van der Waals surface area contributed by atoms with Crippen molar-refractivity contribution >= 4 is 17.3 Å². The number of hydrogen-bond acceptors (Lipinski definition) is 3. The molecule has 17 heavy (non-hydrogen) atoms. The Morgan fingerprint density at radius 1 is 1.35 bits per heavy atom. The highest BCUT2D eigenvalue weighted by atomic mass is 32.1. The van der Waals surface area contributed by atoms with Gasteiger partial charge in [0.15, 0.2) is 5.69 Å². The summed E-state index contributed by atoms with van der Waals surface area (Å²) in [7, 11) is 0. The third-order valence-corrected chi connectivity index (χ3v) is 3.74. The molecule has 0 spiro atoms. The predicted molar refractivity (Wildman–Crippen MR) is 68.6 cm³/mol. The maximum absolute atomic E-state index is 11.1. The Kier molecular flexibility index (Phi) is 3.24.